The van der Waals surface area contributed by atoms with Crippen molar-refractivity contribution >= 4 is 34.8 Å². The van der Waals surface area contributed by atoms with Gasteiger partial charge in [-0.05, 0) is 48.9 Å². The van der Waals surface area contributed by atoms with E-state index in [1.807, 2.05) is 0 Å². The molecule has 5 N–H and O–H groups in total. The number of nitrogens with one attached hydrogen (secondary N) is 3. The van der Waals surface area contributed by atoms with Crippen molar-refractivity contribution < 1.29 is 13.6 Å². The Bertz CT molecular complexity index is 1110. The molecule has 154 valence electrons. The number of hydrogen-bond donors (Lipinski definition) is 4. The number of nitrogens with two attached hydrogens (primary N) is 1. The van der Waals surface area contributed by atoms with Crippen LogP contribution in [0.1, 0.15) is 29.7 Å². The number of aromatic nitrogens is 1. The highest BCUT2D eigenvalue weighted by Gasteiger charge is 2.14. The van der Waals surface area contributed by atoms with Gasteiger partial charge in [0.25, 0.3) is 0 Å². The normalized spacial score (nSPS) is 11.6. The van der Waals surface area contributed by atoms with Gasteiger partial charge in [0.1, 0.15) is 17.5 Å². The van der Waals surface area contributed by atoms with E-state index < -0.39 is 23.7 Å². The van der Waals surface area contributed by atoms with Crippen LogP contribution in [0.15, 0.2) is 54.7 Å². The van der Waals surface area contributed by atoms with Crippen molar-refractivity contribution in [2.75, 3.05) is 11.1 Å². The molecule has 3 aromatic rings. The highest BCUT2D eigenvalue weighted by atomic mass is 35.5. The zero-order valence-electron chi connectivity index (χ0n) is 15.8. The molecule has 0 aliphatic heterocycles. The van der Waals surface area contributed by atoms with Crippen LogP contribution in [-0.2, 0) is 0 Å². The predicted octanol–water partition coefficient (Wildman–Crippen LogP) is 4.89. The van der Waals surface area contributed by atoms with Crippen LogP contribution < -0.4 is 16.4 Å². The SMILES string of the molecule is CC(NC(=O)Nc1cc(N)c(C(=N)c2ccc(F)cc2)cn1)c1ccc(F)c(Cl)c1. The molecule has 0 spiro atoms. The van der Waals surface area contributed by atoms with Crippen LogP contribution in [0.5, 0.6) is 0 Å². The smallest absolute Gasteiger partial charge is 0.320 e. The zero-order chi connectivity index (χ0) is 21.8. The molecule has 0 saturated heterocycles. The van der Waals surface area contributed by atoms with Gasteiger partial charge in [-0.2, -0.15) is 0 Å². The number of nitrogen functional groups attached to an aromatic ring is 1. The Morgan fingerprint density at radius 3 is 2.50 bits per heavy atom. The molecule has 0 fully saturated rings. The molecule has 30 heavy (non-hydrogen) atoms. The quantitative estimate of drug-likeness (QED) is 0.434. The van der Waals surface area contributed by atoms with Gasteiger partial charge in [0.05, 0.1) is 16.8 Å². The maximum absolute atomic E-state index is 13.3. The molecule has 1 unspecified atom stereocenters. The Morgan fingerprint density at radius 1 is 1.17 bits per heavy atom. The molecule has 1 atom stereocenters. The van der Waals surface area contributed by atoms with Crippen LogP contribution in [0.2, 0.25) is 5.02 Å². The topological polar surface area (TPSA) is 104 Å². The summed E-state index contributed by atoms with van der Waals surface area (Å²) in [7, 11) is 0. The Morgan fingerprint density at radius 2 is 1.87 bits per heavy atom. The Kier molecular flexibility index (Phi) is 6.27. The molecule has 0 aliphatic carbocycles. The van der Waals surface area contributed by atoms with E-state index in [0.717, 1.165) is 0 Å². The summed E-state index contributed by atoms with van der Waals surface area (Å²) in [6, 6.07) is 10.1. The van der Waals surface area contributed by atoms with Gasteiger partial charge in [-0.25, -0.2) is 18.6 Å². The number of carbonyl (C=O) groups is 1. The molecule has 2 amide bonds. The maximum atomic E-state index is 13.3. The summed E-state index contributed by atoms with van der Waals surface area (Å²) in [6.07, 6.45) is 1.36. The Balaban J connectivity index is 1.67. The van der Waals surface area contributed by atoms with E-state index in [0.29, 0.717) is 16.7 Å². The molecule has 1 heterocycles. The number of urea groups is 1. The maximum Gasteiger partial charge on any atom is 0.320 e. The van der Waals surface area contributed by atoms with Gasteiger partial charge in [0.2, 0.25) is 0 Å². The number of halogens is 3. The van der Waals surface area contributed by atoms with Crippen molar-refractivity contribution in [2.45, 2.75) is 13.0 Å². The monoisotopic (exact) mass is 429 g/mol. The van der Waals surface area contributed by atoms with Gasteiger partial charge in [-0.3, -0.25) is 10.7 Å². The number of hydrogen-bond acceptors (Lipinski definition) is 4. The second-order valence-electron chi connectivity index (χ2n) is 6.53. The number of rotatable bonds is 5. The van der Waals surface area contributed by atoms with Gasteiger partial charge >= 0.3 is 6.03 Å². The first-order valence-corrected chi connectivity index (χ1v) is 9.25. The van der Waals surface area contributed by atoms with Gasteiger partial charge in [0.15, 0.2) is 0 Å². The number of anilines is 2. The first kappa shape index (κ1) is 21.2. The summed E-state index contributed by atoms with van der Waals surface area (Å²) in [5.41, 5.74) is 7.78. The largest absolute Gasteiger partial charge is 0.398 e. The first-order valence-electron chi connectivity index (χ1n) is 8.87. The van der Waals surface area contributed by atoms with Crippen molar-refractivity contribution in [3.8, 4) is 0 Å². The van der Waals surface area contributed by atoms with Crippen LogP contribution in [0.4, 0.5) is 25.1 Å². The summed E-state index contributed by atoms with van der Waals surface area (Å²) in [6.45, 7) is 1.72. The van der Waals surface area contributed by atoms with Crippen molar-refractivity contribution in [2.24, 2.45) is 0 Å². The first-order chi connectivity index (χ1) is 14.2. The summed E-state index contributed by atoms with van der Waals surface area (Å²) < 4.78 is 26.3. The summed E-state index contributed by atoms with van der Waals surface area (Å²) >= 11 is 5.77. The average molecular weight is 430 g/mol. The van der Waals surface area contributed by atoms with Gasteiger partial charge < -0.3 is 11.1 Å². The summed E-state index contributed by atoms with van der Waals surface area (Å²) in [5, 5.41) is 13.4. The van der Waals surface area contributed by atoms with Crippen molar-refractivity contribution in [1.29, 1.82) is 5.41 Å². The lowest BCUT2D eigenvalue weighted by molar-refractivity contribution is 0.249. The van der Waals surface area contributed by atoms with Crippen LogP contribution >= 0.6 is 11.6 Å². The average Bonchev–Trinajstić information content (AvgIpc) is 2.70. The van der Waals surface area contributed by atoms with E-state index in [-0.39, 0.29) is 22.2 Å². The Labute approximate surface area is 176 Å². The molecular weight excluding hydrogens is 412 g/mol. The van der Waals surface area contributed by atoms with E-state index in [4.69, 9.17) is 22.7 Å². The van der Waals surface area contributed by atoms with Crippen LogP contribution in [0.3, 0.4) is 0 Å². The second-order valence-corrected chi connectivity index (χ2v) is 6.94. The fourth-order valence-corrected chi connectivity index (χ4v) is 2.92. The van der Waals surface area contributed by atoms with Crippen LogP contribution in [0.25, 0.3) is 0 Å². The number of nitrogens with zero attached hydrogens (tertiary/aromatic N) is 1. The van der Waals surface area contributed by atoms with Crippen molar-refractivity contribution in [1.82, 2.24) is 10.3 Å². The van der Waals surface area contributed by atoms with Gasteiger partial charge in [-0.15, -0.1) is 0 Å². The molecule has 0 bridgehead atoms. The Hall–Kier alpha value is -3.52. The van der Waals surface area contributed by atoms with E-state index in [1.165, 1.54) is 54.7 Å². The molecule has 0 saturated carbocycles. The second kappa shape index (κ2) is 8.87. The molecule has 0 aliphatic rings. The van der Waals surface area contributed by atoms with Gasteiger partial charge in [-0.1, -0.05) is 17.7 Å². The van der Waals surface area contributed by atoms with Crippen LogP contribution in [-0.4, -0.2) is 16.7 Å². The lowest BCUT2D eigenvalue weighted by Crippen LogP contribution is -2.31. The molecule has 6 nitrogen and oxygen atoms in total. The fraction of sp³-hybridized carbons (Fsp3) is 0.0952. The summed E-state index contributed by atoms with van der Waals surface area (Å²) in [4.78, 5) is 16.4. The van der Waals surface area contributed by atoms with Crippen molar-refractivity contribution in [3.63, 3.8) is 0 Å². The summed E-state index contributed by atoms with van der Waals surface area (Å²) in [5.74, 6) is -0.756. The highest BCUT2D eigenvalue weighted by molar-refractivity contribution is 6.30. The molecular formula is C21H18ClF2N5O. The minimum atomic E-state index is -0.545. The number of carbonyl (C=O) groups excluding carboxylic acids is 1. The lowest BCUT2D eigenvalue weighted by Gasteiger charge is -2.16. The molecule has 0 radical (unpaired) electrons. The van der Waals surface area contributed by atoms with E-state index in [1.54, 1.807) is 6.92 Å². The standard InChI is InChI=1S/C21H18ClF2N5O/c1-11(13-4-7-17(24)16(22)8-13)28-21(30)29-19-9-18(25)15(10-27-19)20(26)12-2-5-14(23)6-3-12/h2-11,26H,1H3,(H4,25,27,28,29,30). The molecule has 9 heteroatoms. The number of pyridine rings is 1. The third kappa shape index (κ3) is 4.90. The molecule has 1 aromatic heterocycles. The molecule has 2 aromatic carbocycles. The predicted molar refractivity (Wildman–Crippen MR) is 113 cm³/mol. The highest BCUT2D eigenvalue weighted by Crippen LogP contribution is 2.22. The minimum absolute atomic E-state index is 0.0322. The van der Waals surface area contributed by atoms with E-state index in [9.17, 15) is 13.6 Å². The zero-order valence-corrected chi connectivity index (χ0v) is 16.6. The van der Waals surface area contributed by atoms with E-state index >= 15 is 0 Å². The molecule has 3 rings (SSSR count). The number of amides is 2. The minimum Gasteiger partial charge on any atom is -0.398 e. The number of benzene rings is 2. The van der Waals surface area contributed by atoms with Crippen LogP contribution in [0, 0.1) is 17.0 Å². The lowest BCUT2D eigenvalue weighted by atomic mass is 10.0. The van der Waals surface area contributed by atoms with E-state index in [2.05, 4.69) is 15.6 Å². The third-order valence-electron chi connectivity index (χ3n) is 4.37. The fourth-order valence-electron chi connectivity index (χ4n) is 2.73. The third-order valence-corrected chi connectivity index (χ3v) is 4.66. The van der Waals surface area contributed by atoms with Gasteiger partial charge in [0, 0.05) is 29.1 Å². The van der Waals surface area contributed by atoms with Crippen molar-refractivity contribution in [3.05, 3.63) is 88.1 Å².